The number of fused-ring (bicyclic) bond motifs is 1. The highest BCUT2D eigenvalue weighted by Gasteiger charge is 2.23. The lowest BCUT2D eigenvalue weighted by Crippen LogP contribution is -1.90. The van der Waals surface area contributed by atoms with Gasteiger partial charge in [-0.1, -0.05) is 12.2 Å². The summed E-state index contributed by atoms with van der Waals surface area (Å²) in [5.74, 6) is 0. The quantitative estimate of drug-likeness (QED) is 0.510. The van der Waals surface area contributed by atoms with Crippen molar-refractivity contribution in [1.29, 1.82) is 0 Å². The van der Waals surface area contributed by atoms with Gasteiger partial charge in [-0.2, -0.15) is 0 Å². The first kappa shape index (κ1) is 6.29. The molecule has 0 spiro atoms. The summed E-state index contributed by atoms with van der Waals surface area (Å²) in [5.41, 5.74) is 2.77. The Morgan fingerprint density at radius 1 is 1.50 bits per heavy atom. The first-order valence-corrected chi connectivity index (χ1v) is 4.31. The van der Waals surface area contributed by atoms with Gasteiger partial charge in [0.05, 0.1) is 5.25 Å². The normalized spacial score (nSPS) is 29.4. The van der Waals surface area contributed by atoms with Crippen molar-refractivity contribution in [3.8, 4) is 0 Å². The molecule has 2 aliphatic rings. The fourth-order valence-corrected chi connectivity index (χ4v) is 2.39. The molecular formula is C9H9S. The van der Waals surface area contributed by atoms with E-state index in [1.165, 1.54) is 16.1 Å². The SMILES string of the molecule is CC1=[C]C2=C(C)C=CC2S1. The van der Waals surface area contributed by atoms with Crippen LogP contribution in [0.5, 0.6) is 0 Å². The third-order valence-corrected chi connectivity index (χ3v) is 2.95. The average Bonchev–Trinajstić information content (AvgIpc) is 2.35. The molecule has 1 aliphatic heterocycles. The lowest BCUT2D eigenvalue weighted by Gasteiger charge is -1.98. The molecule has 0 saturated carbocycles. The maximum atomic E-state index is 3.36. The van der Waals surface area contributed by atoms with Crippen LogP contribution in [0.2, 0.25) is 0 Å². The predicted molar refractivity (Wildman–Crippen MR) is 45.6 cm³/mol. The van der Waals surface area contributed by atoms with Crippen LogP contribution in [0.3, 0.4) is 0 Å². The summed E-state index contributed by atoms with van der Waals surface area (Å²) in [4.78, 5) is 1.32. The largest absolute Gasteiger partial charge is 0.118 e. The van der Waals surface area contributed by atoms with E-state index in [2.05, 4.69) is 32.1 Å². The Hall–Kier alpha value is -0.430. The molecule has 0 saturated heterocycles. The molecule has 1 atom stereocenters. The zero-order valence-corrected chi connectivity index (χ0v) is 6.96. The zero-order valence-electron chi connectivity index (χ0n) is 6.14. The van der Waals surface area contributed by atoms with Gasteiger partial charge < -0.3 is 0 Å². The number of hydrogen-bond donors (Lipinski definition) is 0. The summed E-state index contributed by atoms with van der Waals surface area (Å²) in [7, 11) is 0. The number of hydrogen-bond acceptors (Lipinski definition) is 1. The highest BCUT2D eigenvalue weighted by atomic mass is 32.2. The van der Waals surface area contributed by atoms with Crippen LogP contribution in [0.4, 0.5) is 0 Å². The summed E-state index contributed by atoms with van der Waals surface area (Å²) in [6.45, 7) is 4.27. The average molecular weight is 149 g/mol. The fourth-order valence-electron chi connectivity index (χ4n) is 1.32. The summed E-state index contributed by atoms with van der Waals surface area (Å²) in [5, 5.41) is 0.597. The third kappa shape index (κ3) is 0.772. The number of allylic oxidation sites excluding steroid dienone is 4. The van der Waals surface area contributed by atoms with Gasteiger partial charge in [0.2, 0.25) is 0 Å². The van der Waals surface area contributed by atoms with E-state index in [0.717, 1.165) is 0 Å². The highest BCUT2D eigenvalue weighted by Crippen LogP contribution is 2.40. The van der Waals surface area contributed by atoms with E-state index in [1.54, 1.807) is 0 Å². The smallest absolute Gasteiger partial charge is 0.0533 e. The van der Waals surface area contributed by atoms with Crippen molar-refractivity contribution in [2.45, 2.75) is 19.1 Å². The van der Waals surface area contributed by atoms with Crippen LogP contribution in [0.1, 0.15) is 13.8 Å². The second-order valence-corrected chi connectivity index (χ2v) is 4.03. The van der Waals surface area contributed by atoms with Crippen molar-refractivity contribution >= 4 is 11.8 Å². The van der Waals surface area contributed by atoms with Gasteiger partial charge in [-0.25, -0.2) is 0 Å². The van der Waals surface area contributed by atoms with Crippen LogP contribution in [0.15, 0.2) is 28.2 Å². The molecule has 0 amide bonds. The van der Waals surface area contributed by atoms with Gasteiger partial charge in [-0.3, -0.25) is 0 Å². The first-order chi connectivity index (χ1) is 4.77. The van der Waals surface area contributed by atoms with Gasteiger partial charge in [0.15, 0.2) is 0 Å². The van der Waals surface area contributed by atoms with Crippen LogP contribution in [-0.4, -0.2) is 5.25 Å². The number of thioether (sulfide) groups is 1. The second kappa shape index (κ2) is 2.03. The Morgan fingerprint density at radius 2 is 2.30 bits per heavy atom. The lowest BCUT2D eigenvalue weighted by atomic mass is 10.1. The molecule has 0 aromatic carbocycles. The molecule has 1 unspecified atom stereocenters. The molecule has 0 aromatic rings. The molecule has 1 radical (unpaired) electrons. The Kier molecular flexibility index (Phi) is 1.27. The summed E-state index contributed by atoms with van der Waals surface area (Å²) >= 11 is 1.90. The molecule has 1 aliphatic carbocycles. The molecular weight excluding hydrogens is 140 g/mol. The molecule has 0 aromatic heterocycles. The fraction of sp³-hybridized carbons (Fsp3) is 0.333. The molecule has 10 heavy (non-hydrogen) atoms. The maximum Gasteiger partial charge on any atom is 0.0533 e. The zero-order chi connectivity index (χ0) is 7.14. The summed E-state index contributed by atoms with van der Waals surface area (Å²) in [6.07, 6.45) is 7.80. The number of rotatable bonds is 0. The van der Waals surface area contributed by atoms with Gasteiger partial charge in [0, 0.05) is 0 Å². The minimum Gasteiger partial charge on any atom is -0.118 e. The van der Waals surface area contributed by atoms with E-state index < -0.39 is 0 Å². The standard InChI is InChI=1S/C9H9S/c1-6-3-4-9-8(6)5-7(2)10-9/h3-4,9H,1-2H3. The van der Waals surface area contributed by atoms with E-state index in [-0.39, 0.29) is 0 Å². The van der Waals surface area contributed by atoms with E-state index in [4.69, 9.17) is 0 Å². The molecule has 2 rings (SSSR count). The molecule has 0 fully saturated rings. The van der Waals surface area contributed by atoms with Crippen molar-refractivity contribution in [3.63, 3.8) is 0 Å². The van der Waals surface area contributed by atoms with Crippen LogP contribution >= 0.6 is 11.8 Å². The van der Waals surface area contributed by atoms with E-state index >= 15 is 0 Å². The highest BCUT2D eigenvalue weighted by molar-refractivity contribution is 8.04. The summed E-state index contributed by atoms with van der Waals surface area (Å²) < 4.78 is 0. The third-order valence-electron chi connectivity index (χ3n) is 1.84. The van der Waals surface area contributed by atoms with Crippen molar-refractivity contribution in [3.05, 3.63) is 34.3 Å². The van der Waals surface area contributed by atoms with Crippen LogP contribution in [0.25, 0.3) is 0 Å². The topological polar surface area (TPSA) is 0 Å². The van der Waals surface area contributed by atoms with Crippen molar-refractivity contribution in [1.82, 2.24) is 0 Å². The van der Waals surface area contributed by atoms with E-state index in [9.17, 15) is 0 Å². The van der Waals surface area contributed by atoms with Gasteiger partial charge in [-0.15, -0.1) is 11.8 Å². The lowest BCUT2D eigenvalue weighted by molar-refractivity contribution is 1.32. The van der Waals surface area contributed by atoms with E-state index in [0.29, 0.717) is 5.25 Å². The first-order valence-electron chi connectivity index (χ1n) is 3.43. The van der Waals surface area contributed by atoms with Gasteiger partial charge in [0.1, 0.15) is 0 Å². The van der Waals surface area contributed by atoms with Crippen LogP contribution < -0.4 is 0 Å². The Morgan fingerprint density at radius 3 is 3.00 bits per heavy atom. The van der Waals surface area contributed by atoms with E-state index in [1.807, 2.05) is 11.8 Å². The van der Waals surface area contributed by atoms with Gasteiger partial charge in [0.25, 0.3) is 0 Å². The van der Waals surface area contributed by atoms with Crippen LogP contribution in [-0.2, 0) is 0 Å². The molecule has 51 valence electrons. The van der Waals surface area contributed by atoms with Gasteiger partial charge in [-0.05, 0) is 36.0 Å². The molecule has 1 heterocycles. The van der Waals surface area contributed by atoms with Crippen molar-refractivity contribution < 1.29 is 0 Å². The van der Waals surface area contributed by atoms with Gasteiger partial charge >= 0.3 is 0 Å². The maximum absolute atomic E-state index is 3.36. The monoisotopic (exact) mass is 149 g/mol. The Bertz CT molecular complexity index is 256. The Labute approximate surface area is 65.7 Å². The van der Waals surface area contributed by atoms with Crippen molar-refractivity contribution in [2.75, 3.05) is 0 Å². The second-order valence-electron chi connectivity index (χ2n) is 2.68. The molecule has 0 bridgehead atoms. The minimum atomic E-state index is 0.597. The predicted octanol–water partition coefficient (Wildman–Crippen LogP) is 2.70. The van der Waals surface area contributed by atoms with Crippen LogP contribution in [0, 0.1) is 6.08 Å². The Balaban J connectivity index is 2.43. The molecule has 1 heteroatoms. The molecule has 0 nitrogen and oxygen atoms in total. The van der Waals surface area contributed by atoms with Crippen molar-refractivity contribution in [2.24, 2.45) is 0 Å². The minimum absolute atomic E-state index is 0.597. The molecule has 0 N–H and O–H groups in total. The summed E-state index contributed by atoms with van der Waals surface area (Å²) in [6, 6.07) is 0.